The minimum atomic E-state index is -3.99. The van der Waals surface area contributed by atoms with Gasteiger partial charge < -0.3 is 24.5 Å². The second-order valence-corrected chi connectivity index (χ2v) is 14.1. The van der Waals surface area contributed by atoms with Gasteiger partial charge in [-0.3, -0.25) is 4.79 Å². The van der Waals surface area contributed by atoms with E-state index in [0.29, 0.717) is 36.8 Å². The Balaban J connectivity index is 1.13. The zero-order chi connectivity index (χ0) is 29.4. The molecule has 0 amide bonds. The lowest BCUT2D eigenvalue weighted by Gasteiger charge is -2.38. The zero-order valence-electron chi connectivity index (χ0n) is 22.6. The number of nitrogens with two attached hydrogens (primary N) is 1. The quantitative estimate of drug-likeness (QED) is 0.314. The number of aromatic nitrogens is 1. The minimum absolute atomic E-state index is 0.0358. The summed E-state index contributed by atoms with van der Waals surface area (Å²) in [7, 11) is -6.12. The molecule has 1 spiro atoms. The third-order valence-electron chi connectivity index (χ3n) is 7.74. The molecule has 12 nitrogen and oxygen atoms in total. The molecule has 2 aliphatic rings. The minimum Gasteiger partial charge on any atom is -0.491 e. The van der Waals surface area contributed by atoms with Gasteiger partial charge in [0.25, 0.3) is 0 Å². The van der Waals surface area contributed by atoms with E-state index in [1.807, 2.05) is 0 Å². The van der Waals surface area contributed by atoms with Crippen molar-refractivity contribution in [2.45, 2.75) is 46.8 Å². The molecule has 2 aliphatic heterocycles. The third kappa shape index (κ3) is 6.33. The van der Waals surface area contributed by atoms with Crippen molar-refractivity contribution in [3.8, 4) is 5.75 Å². The van der Waals surface area contributed by atoms with Gasteiger partial charge in [0.05, 0.1) is 22.6 Å². The van der Waals surface area contributed by atoms with E-state index in [1.165, 1.54) is 28.7 Å². The largest absolute Gasteiger partial charge is 0.491 e. The van der Waals surface area contributed by atoms with Crippen molar-refractivity contribution in [3.63, 3.8) is 0 Å². The highest BCUT2D eigenvalue weighted by Crippen LogP contribution is 2.37. The van der Waals surface area contributed by atoms with Crippen LogP contribution < -0.4 is 20.6 Å². The van der Waals surface area contributed by atoms with Crippen LogP contribution in [0.5, 0.6) is 5.75 Å². The van der Waals surface area contributed by atoms with Crippen LogP contribution in [0, 0.1) is 0 Å². The first-order valence-electron chi connectivity index (χ1n) is 13.3. The summed E-state index contributed by atoms with van der Waals surface area (Å²) in [5.74, 6) is 0.280. The highest BCUT2D eigenvalue weighted by atomic mass is 32.2. The molecule has 2 atom stereocenters. The molecular weight excluding hydrogens is 572 g/mol. The molecular formula is C27H34N4O8S2. The number of primary sulfonamides is 1. The molecule has 0 radical (unpaired) electrons. The SMILES string of the molecule is Cn1cc(S(=O)(=O)N2CCC3(CC2)C[C@@H](NCC(O)COc2cccc(S(N)(=O)=O)c2)CO3)c(=O)c2ccccc21. The molecule has 5 rings (SSSR count). The predicted octanol–water partition coefficient (Wildman–Crippen LogP) is 0.528. The lowest BCUT2D eigenvalue weighted by molar-refractivity contribution is -0.0312. The number of benzene rings is 2. The average molecular weight is 607 g/mol. The Bertz CT molecular complexity index is 1700. The number of sulfonamides is 2. The fraction of sp³-hybridized carbons (Fsp3) is 0.444. The molecule has 222 valence electrons. The summed E-state index contributed by atoms with van der Waals surface area (Å²) in [6, 6.07) is 12.6. The Kier molecular flexibility index (Phi) is 8.27. The van der Waals surface area contributed by atoms with E-state index in [9.17, 15) is 26.7 Å². The smallest absolute Gasteiger partial charge is 0.248 e. The molecule has 0 saturated carbocycles. The summed E-state index contributed by atoms with van der Waals surface area (Å²) in [6.07, 6.45) is 2.17. The van der Waals surface area contributed by atoms with E-state index in [2.05, 4.69) is 5.32 Å². The summed E-state index contributed by atoms with van der Waals surface area (Å²) in [5.41, 5.74) is -0.312. The molecule has 4 N–H and O–H groups in total. The van der Waals surface area contributed by atoms with Crippen LogP contribution in [0.3, 0.4) is 0 Å². The van der Waals surface area contributed by atoms with Crippen molar-refractivity contribution in [1.29, 1.82) is 0 Å². The first kappa shape index (κ1) is 29.6. The maximum atomic E-state index is 13.5. The molecule has 3 heterocycles. The third-order valence-corrected chi connectivity index (χ3v) is 10.5. The number of piperidine rings is 1. The Morgan fingerprint density at radius 1 is 1.15 bits per heavy atom. The molecule has 41 heavy (non-hydrogen) atoms. The maximum Gasteiger partial charge on any atom is 0.248 e. The summed E-state index contributed by atoms with van der Waals surface area (Å²) in [5, 5.41) is 19.2. The molecule has 3 aromatic rings. The van der Waals surface area contributed by atoms with E-state index in [0.717, 1.165) is 0 Å². The van der Waals surface area contributed by atoms with Crippen molar-refractivity contribution in [3.05, 3.63) is 65.0 Å². The first-order valence-corrected chi connectivity index (χ1v) is 16.3. The van der Waals surface area contributed by atoms with Gasteiger partial charge in [-0.25, -0.2) is 22.0 Å². The Hall–Kier alpha value is -2.85. The number of hydrogen-bond donors (Lipinski definition) is 3. The van der Waals surface area contributed by atoms with Crippen LogP contribution in [-0.4, -0.2) is 81.4 Å². The van der Waals surface area contributed by atoms with E-state index < -0.39 is 37.2 Å². The number of hydrogen-bond acceptors (Lipinski definition) is 9. The molecule has 2 fully saturated rings. The van der Waals surface area contributed by atoms with Crippen LogP contribution >= 0.6 is 0 Å². The Labute approximate surface area is 238 Å². The maximum absolute atomic E-state index is 13.5. The highest BCUT2D eigenvalue weighted by Gasteiger charge is 2.45. The number of aliphatic hydroxyl groups excluding tert-OH is 1. The average Bonchev–Trinajstić information content (AvgIpc) is 3.34. The van der Waals surface area contributed by atoms with Gasteiger partial charge in [-0.2, -0.15) is 4.31 Å². The van der Waals surface area contributed by atoms with E-state index in [1.54, 1.807) is 41.9 Å². The van der Waals surface area contributed by atoms with Crippen LogP contribution in [0.1, 0.15) is 19.3 Å². The van der Waals surface area contributed by atoms with Gasteiger partial charge >= 0.3 is 0 Å². The number of para-hydroxylation sites is 1. The van der Waals surface area contributed by atoms with Gasteiger partial charge in [0.15, 0.2) is 0 Å². The molecule has 14 heteroatoms. The number of fused-ring (bicyclic) bond motifs is 1. The molecule has 2 aromatic carbocycles. The lowest BCUT2D eigenvalue weighted by Crippen LogP contribution is -2.47. The number of ether oxygens (including phenoxy) is 2. The lowest BCUT2D eigenvalue weighted by atomic mass is 9.88. The number of nitrogens with one attached hydrogen (secondary N) is 1. The Morgan fingerprint density at radius 2 is 1.88 bits per heavy atom. The normalized spacial score (nSPS) is 20.4. The predicted molar refractivity (Wildman–Crippen MR) is 152 cm³/mol. The standard InChI is InChI=1S/C27H34N4O8S2/c1-30-16-25(26(33)23-7-2-3-8-24(23)30)41(36,37)31-11-9-27(10-12-31)14-19(17-39-27)29-15-20(32)18-38-21-5-4-6-22(13-21)40(28,34)35/h2-8,13,16,19-20,29,32H,9-12,14-15,17-18H2,1H3,(H2,28,34,35)/t19-,20?/m1/s1. The molecule has 0 aliphatic carbocycles. The molecule has 0 bridgehead atoms. The monoisotopic (exact) mass is 606 g/mol. The summed E-state index contributed by atoms with van der Waals surface area (Å²) in [6.45, 7) is 1.06. The van der Waals surface area contributed by atoms with Gasteiger partial charge in [0.2, 0.25) is 25.5 Å². The van der Waals surface area contributed by atoms with Crippen molar-refractivity contribution >= 4 is 30.9 Å². The van der Waals surface area contributed by atoms with Gasteiger partial charge in [-0.15, -0.1) is 0 Å². The Morgan fingerprint density at radius 3 is 2.61 bits per heavy atom. The van der Waals surface area contributed by atoms with Gasteiger partial charge in [-0.05, 0) is 43.5 Å². The van der Waals surface area contributed by atoms with E-state index in [4.69, 9.17) is 14.6 Å². The van der Waals surface area contributed by atoms with Gasteiger partial charge in [0, 0.05) is 50.4 Å². The second kappa shape index (κ2) is 11.4. The van der Waals surface area contributed by atoms with Gasteiger partial charge in [-0.1, -0.05) is 18.2 Å². The number of aryl methyl sites for hydroxylation is 1. The van der Waals surface area contributed by atoms with Crippen molar-refractivity contribution in [1.82, 2.24) is 14.2 Å². The van der Waals surface area contributed by atoms with Crippen LogP contribution in [-0.2, 0) is 31.8 Å². The van der Waals surface area contributed by atoms with Crippen LogP contribution in [0.2, 0.25) is 0 Å². The van der Waals surface area contributed by atoms with Crippen molar-refractivity contribution in [2.24, 2.45) is 12.2 Å². The molecule has 1 aromatic heterocycles. The number of nitrogens with zero attached hydrogens (tertiary/aromatic N) is 2. The summed E-state index contributed by atoms with van der Waals surface area (Å²) >= 11 is 0. The number of pyridine rings is 1. The first-order chi connectivity index (χ1) is 19.4. The van der Waals surface area contributed by atoms with E-state index >= 15 is 0 Å². The van der Waals surface area contributed by atoms with Crippen LogP contribution in [0.15, 0.2) is 69.3 Å². The topological polar surface area (TPSA) is 170 Å². The van der Waals surface area contributed by atoms with Crippen molar-refractivity contribution in [2.75, 3.05) is 32.8 Å². The van der Waals surface area contributed by atoms with Crippen LogP contribution in [0.25, 0.3) is 10.9 Å². The fourth-order valence-corrected chi connectivity index (χ4v) is 7.61. The van der Waals surface area contributed by atoms with Crippen molar-refractivity contribution < 1.29 is 31.4 Å². The second-order valence-electron chi connectivity index (χ2n) is 10.6. The van der Waals surface area contributed by atoms with Crippen LogP contribution in [0.4, 0.5) is 0 Å². The van der Waals surface area contributed by atoms with Gasteiger partial charge in [0.1, 0.15) is 23.4 Å². The van der Waals surface area contributed by atoms with E-state index in [-0.39, 0.29) is 47.8 Å². The number of rotatable bonds is 9. The molecule has 1 unspecified atom stereocenters. The highest BCUT2D eigenvalue weighted by molar-refractivity contribution is 7.89. The zero-order valence-corrected chi connectivity index (χ0v) is 24.2. The number of aliphatic hydroxyl groups is 1. The fourth-order valence-electron chi connectivity index (χ4n) is 5.49. The molecule has 2 saturated heterocycles. The summed E-state index contributed by atoms with van der Waals surface area (Å²) < 4.78 is 64.6. The summed E-state index contributed by atoms with van der Waals surface area (Å²) in [4.78, 5) is 12.8.